The van der Waals surface area contributed by atoms with Gasteiger partial charge in [0.2, 0.25) is 5.91 Å². The van der Waals surface area contributed by atoms with Gasteiger partial charge in [0.15, 0.2) is 5.82 Å². The molecule has 2 aromatic carbocycles. The van der Waals surface area contributed by atoms with E-state index in [4.69, 9.17) is 17.3 Å². The lowest BCUT2D eigenvalue weighted by Gasteiger charge is -2.23. The number of nitrogens with zero attached hydrogens (tertiary/aromatic N) is 4. The normalized spacial score (nSPS) is 17.6. The van der Waals surface area contributed by atoms with Crippen molar-refractivity contribution in [2.45, 2.75) is 50.7 Å². The Balaban J connectivity index is 1.53. The average molecular weight is 623 g/mol. The van der Waals surface area contributed by atoms with Crippen molar-refractivity contribution >= 4 is 46.0 Å². The first kappa shape index (κ1) is 30.1. The minimum absolute atomic E-state index is 0.0382. The number of fused-ring (bicyclic) bond motifs is 2. The van der Waals surface area contributed by atoms with Crippen LogP contribution in [0.3, 0.4) is 0 Å². The first-order valence-electron chi connectivity index (χ1n) is 13.0. The number of halogens is 6. The van der Waals surface area contributed by atoms with Crippen molar-refractivity contribution in [2.75, 3.05) is 11.1 Å². The summed E-state index contributed by atoms with van der Waals surface area (Å²) < 4.78 is 66.7. The number of carbonyl (C=O) groups is 2. The molecule has 5 rings (SSSR count). The summed E-state index contributed by atoms with van der Waals surface area (Å²) in [5, 5.41) is 16.6. The molecular formula is C28H24ClF5N6O3. The second-order valence-corrected chi connectivity index (χ2v) is 11.0. The van der Waals surface area contributed by atoms with Gasteiger partial charge in [0.1, 0.15) is 22.7 Å². The zero-order valence-corrected chi connectivity index (χ0v) is 23.4. The number of nitrogens with one attached hydrogen (secondary N) is 1. The summed E-state index contributed by atoms with van der Waals surface area (Å²) in [6.07, 6.45) is -6.99. The molecule has 4 aromatic rings. The fraction of sp³-hybridized carbons (Fsp3) is 0.321. The fourth-order valence-corrected chi connectivity index (χ4v) is 5.24. The van der Waals surface area contributed by atoms with E-state index in [-0.39, 0.29) is 39.3 Å². The van der Waals surface area contributed by atoms with Gasteiger partial charge in [0.25, 0.3) is 0 Å². The second kappa shape index (κ2) is 10.4. The van der Waals surface area contributed by atoms with E-state index in [2.05, 4.69) is 20.4 Å². The number of rotatable bonds is 8. The second-order valence-electron chi connectivity index (χ2n) is 10.6. The number of nitrogens with two attached hydrogens (primary N) is 1. The van der Waals surface area contributed by atoms with Crippen LogP contribution in [0.2, 0.25) is 5.02 Å². The quantitative estimate of drug-likeness (QED) is 0.210. The third-order valence-corrected chi connectivity index (χ3v) is 7.83. The van der Waals surface area contributed by atoms with Crippen molar-refractivity contribution in [2.24, 2.45) is 5.92 Å². The molecule has 3 heterocycles. The summed E-state index contributed by atoms with van der Waals surface area (Å²) >= 11 is 6.07. The van der Waals surface area contributed by atoms with Crippen LogP contribution in [0.25, 0.3) is 22.4 Å². The fourth-order valence-electron chi connectivity index (χ4n) is 5.07. The van der Waals surface area contributed by atoms with Crippen molar-refractivity contribution in [3.8, 4) is 11.5 Å². The number of aliphatic carboxylic acids is 1. The van der Waals surface area contributed by atoms with Gasteiger partial charge in [0.05, 0.1) is 17.0 Å². The number of amides is 1. The van der Waals surface area contributed by atoms with Crippen LogP contribution in [0.5, 0.6) is 0 Å². The van der Waals surface area contributed by atoms with E-state index >= 15 is 0 Å². The molecule has 0 fully saturated rings. The Morgan fingerprint density at radius 2 is 1.81 bits per heavy atom. The van der Waals surface area contributed by atoms with E-state index < -0.39 is 48.3 Å². The molecule has 15 heteroatoms. The summed E-state index contributed by atoms with van der Waals surface area (Å²) in [7, 11) is 0. The Bertz CT molecular complexity index is 1760. The number of alkyl halides is 5. The number of carbonyl (C=O) groups excluding carboxylic acids is 1. The summed E-state index contributed by atoms with van der Waals surface area (Å²) in [6.45, 7) is 2.43. The molecular weight excluding hydrogens is 599 g/mol. The van der Waals surface area contributed by atoms with Crippen molar-refractivity contribution in [1.29, 1.82) is 0 Å². The van der Waals surface area contributed by atoms with E-state index in [9.17, 15) is 36.6 Å². The highest BCUT2D eigenvalue weighted by molar-refractivity contribution is 6.31. The van der Waals surface area contributed by atoms with Gasteiger partial charge in [-0.15, -0.1) is 0 Å². The first-order valence-corrected chi connectivity index (χ1v) is 13.3. The summed E-state index contributed by atoms with van der Waals surface area (Å²) in [4.78, 5) is 33.3. The van der Waals surface area contributed by atoms with Crippen molar-refractivity contribution in [1.82, 2.24) is 19.7 Å². The highest BCUT2D eigenvalue weighted by Gasteiger charge is 2.56. The maximum Gasteiger partial charge on any atom is 0.453 e. The van der Waals surface area contributed by atoms with E-state index in [1.807, 2.05) is 0 Å². The predicted molar refractivity (Wildman–Crippen MR) is 148 cm³/mol. The first-order chi connectivity index (χ1) is 20.0. The predicted octanol–water partition coefficient (Wildman–Crippen LogP) is 5.84. The van der Waals surface area contributed by atoms with Crippen LogP contribution in [0.15, 0.2) is 42.5 Å². The Morgan fingerprint density at radius 3 is 2.44 bits per heavy atom. The topological polar surface area (TPSA) is 136 Å². The summed E-state index contributed by atoms with van der Waals surface area (Å²) in [5.41, 5.74) is 6.86. The van der Waals surface area contributed by atoms with Gasteiger partial charge in [-0.1, -0.05) is 42.8 Å². The lowest BCUT2D eigenvalue weighted by atomic mass is 9.77. The maximum atomic E-state index is 13.7. The molecule has 0 radical (unpaired) electrons. The van der Waals surface area contributed by atoms with Crippen molar-refractivity contribution < 1.29 is 36.6 Å². The zero-order chi connectivity index (χ0) is 31.5. The molecule has 0 bridgehead atoms. The SMILES string of the molecule is C[C@H](Cc1ccc(C2(C)C(=O)Nc3nc(-c4nn(CCC(F)(F)C(F)(F)F)c5cc(Cl)ccc45)nc(N)c32)cc1)C(=O)O. The molecule has 2 aromatic heterocycles. The number of aryl methyl sites for hydroxylation is 1. The van der Waals surface area contributed by atoms with Gasteiger partial charge in [-0.25, -0.2) is 9.97 Å². The lowest BCUT2D eigenvalue weighted by Crippen LogP contribution is -2.37. The zero-order valence-electron chi connectivity index (χ0n) is 22.6. The molecule has 1 amide bonds. The summed E-state index contributed by atoms with van der Waals surface area (Å²) in [5.74, 6) is -7.02. The van der Waals surface area contributed by atoms with Gasteiger partial charge >= 0.3 is 18.1 Å². The minimum Gasteiger partial charge on any atom is -0.481 e. The van der Waals surface area contributed by atoms with Crippen molar-refractivity contribution in [3.63, 3.8) is 0 Å². The van der Waals surface area contributed by atoms with Crippen molar-refractivity contribution in [3.05, 3.63) is 64.2 Å². The Morgan fingerprint density at radius 1 is 1.14 bits per heavy atom. The number of carboxylic acid groups (broad SMARTS) is 1. The third-order valence-electron chi connectivity index (χ3n) is 7.60. The van der Waals surface area contributed by atoms with Crippen LogP contribution >= 0.6 is 11.6 Å². The Kier molecular flexibility index (Phi) is 7.31. The highest BCUT2D eigenvalue weighted by Crippen LogP contribution is 2.45. The lowest BCUT2D eigenvalue weighted by molar-refractivity contribution is -0.285. The van der Waals surface area contributed by atoms with Gasteiger partial charge in [-0.2, -0.15) is 27.1 Å². The number of benzene rings is 2. The van der Waals surface area contributed by atoms with E-state index in [0.29, 0.717) is 17.4 Å². The van der Waals surface area contributed by atoms with E-state index in [1.165, 1.54) is 18.2 Å². The van der Waals surface area contributed by atoms with Crippen LogP contribution in [-0.4, -0.2) is 48.8 Å². The molecule has 226 valence electrons. The molecule has 4 N–H and O–H groups in total. The van der Waals surface area contributed by atoms with Crippen LogP contribution in [0.4, 0.5) is 33.6 Å². The number of aromatic nitrogens is 4. The van der Waals surface area contributed by atoms with Gasteiger partial charge < -0.3 is 16.2 Å². The van der Waals surface area contributed by atoms with Crippen LogP contribution in [0.1, 0.15) is 37.0 Å². The molecule has 1 unspecified atom stereocenters. The molecule has 0 saturated carbocycles. The monoisotopic (exact) mass is 622 g/mol. The molecule has 43 heavy (non-hydrogen) atoms. The standard InChI is InChI=1S/C28H24ClF5N6O3/c1-13(24(41)42)11-14-3-5-15(6-4-14)26(2)19-21(35)36-23(37-22(19)38-25(26)43)20-17-8-7-16(29)12-18(17)40(39-20)10-9-27(30,31)28(32,33)34/h3-8,12-13H,9-11H2,1-2H3,(H,41,42)(H3,35,36,37,38,43)/t13-,26?/m1/s1. The minimum atomic E-state index is -5.73. The highest BCUT2D eigenvalue weighted by atomic mass is 35.5. The third kappa shape index (κ3) is 5.24. The van der Waals surface area contributed by atoms with Gasteiger partial charge in [0, 0.05) is 23.4 Å². The molecule has 0 spiro atoms. The van der Waals surface area contributed by atoms with Gasteiger partial charge in [-0.3, -0.25) is 14.3 Å². The number of carboxylic acids is 1. The molecule has 1 aliphatic rings. The van der Waals surface area contributed by atoms with Crippen LogP contribution < -0.4 is 11.1 Å². The van der Waals surface area contributed by atoms with E-state index in [1.54, 1.807) is 38.1 Å². The average Bonchev–Trinajstić information content (AvgIpc) is 3.41. The maximum absolute atomic E-state index is 13.7. The number of nitrogen functional groups attached to an aromatic ring is 1. The van der Waals surface area contributed by atoms with Crippen LogP contribution in [-0.2, 0) is 28.0 Å². The molecule has 0 aliphatic carbocycles. The molecule has 0 saturated heterocycles. The molecule has 1 aliphatic heterocycles. The van der Waals surface area contributed by atoms with Gasteiger partial charge in [-0.05, 0) is 42.7 Å². The number of hydrogen-bond acceptors (Lipinski definition) is 6. The number of hydrogen-bond donors (Lipinski definition) is 3. The largest absolute Gasteiger partial charge is 0.481 e. The Hall–Kier alpha value is -4.33. The van der Waals surface area contributed by atoms with Crippen LogP contribution in [0, 0.1) is 5.92 Å². The number of anilines is 2. The molecule has 2 atom stereocenters. The molecule has 9 nitrogen and oxygen atoms in total. The van der Waals surface area contributed by atoms with E-state index in [0.717, 1.165) is 10.2 Å². The summed E-state index contributed by atoms with van der Waals surface area (Å²) in [6, 6.07) is 11.2. The smallest absolute Gasteiger partial charge is 0.453 e. The Labute approximate surface area is 245 Å².